The SMILES string of the molecule is Fc1ccc(C2CC(Nc3nccs3)C2)cc1. The van der Waals surface area contributed by atoms with E-state index >= 15 is 0 Å². The first-order chi connectivity index (χ1) is 8.31. The highest BCUT2D eigenvalue weighted by molar-refractivity contribution is 7.13. The van der Waals surface area contributed by atoms with Crippen LogP contribution < -0.4 is 5.32 Å². The summed E-state index contributed by atoms with van der Waals surface area (Å²) in [6.45, 7) is 0. The van der Waals surface area contributed by atoms with E-state index in [4.69, 9.17) is 0 Å². The van der Waals surface area contributed by atoms with E-state index in [1.807, 2.05) is 23.7 Å². The summed E-state index contributed by atoms with van der Waals surface area (Å²) in [6, 6.07) is 7.36. The van der Waals surface area contributed by atoms with Crippen LogP contribution in [0.4, 0.5) is 9.52 Å². The largest absolute Gasteiger partial charge is 0.359 e. The lowest BCUT2D eigenvalue weighted by Gasteiger charge is -2.36. The van der Waals surface area contributed by atoms with Gasteiger partial charge >= 0.3 is 0 Å². The standard InChI is InChI=1S/C13H13FN2S/c14-11-3-1-9(2-4-11)10-7-12(8-10)16-13-15-5-6-17-13/h1-6,10,12H,7-8H2,(H,15,16). The first-order valence-corrected chi connectivity index (χ1v) is 6.61. The van der Waals surface area contributed by atoms with Crippen molar-refractivity contribution in [1.29, 1.82) is 0 Å². The smallest absolute Gasteiger partial charge is 0.182 e. The van der Waals surface area contributed by atoms with Gasteiger partial charge < -0.3 is 5.32 Å². The van der Waals surface area contributed by atoms with Crippen LogP contribution >= 0.6 is 11.3 Å². The molecule has 1 saturated carbocycles. The maximum atomic E-state index is 12.8. The fourth-order valence-corrected chi connectivity index (χ4v) is 2.82. The topological polar surface area (TPSA) is 24.9 Å². The predicted molar refractivity (Wildman–Crippen MR) is 67.9 cm³/mol. The number of thiazole rings is 1. The molecule has 0 unspecified atom stereocenters. The third-order valence-electron chi connectivity index (χ3n) is 3.24. The maximum Gasteiger partial charge on any atom is 0.182 e. The van der Waals surface area contributed by atoms with Crippen molar-refractivity contribution in [2.75, 3.05) is 5.32 Å². The molecule has 0 radical (unpaired) electrons. The van der Waals surface area contributed by atoms with Crippen LogP contribution in [0.3, 0.4) is 0 Å². The van der Waals surface area contributed by atoms with Gasteiger partial charge in [-0.3, -0.25) is 0 Å². The number of hydrogen-bond donors (Lipinski definition) is 1. The van der Waals surface area contributed by atoms with Gasteiger partial charge in [0.1, 0.15) is 5.82 Å². The molecule has 0 aliphatic heterocycles. The fraction of sp³-hybridized carbons (Fsp3) is 0.308. The lowest BCUT2D eigenvalue weighted by atomic mass is 9.76. The molecule has 2 nitrogen and oxygen atoms in total. The molecule has 88 valence electrons. The number of hydrogen-bond acceptors (Lipinski definition) is 3. The third kappa shape index (κ3) is 2.31. The van der Waals surface area contributed by atoms with Gasteiger partial charge in [0.15, 0.2) is 5.13 Å². The summed E-state index contributed by atoms with van der Waals surface area (Å²) in [5.41, 5.74) is 1.24. The summed E-state index contributed by atoms with van der Waals surface area (Å²) >= 11 is 1.63. The van der Waals surface area contributed by atoms with Gasteiger partial charge in [0.25, 0.3) is 0 Å². The lowest BCUT2D eigenvalue weighted by molar-refractivity contribution is 0.374. The van der Waals surface area contributed by atoms with Crippen LogP contribution in [0, 0.1) is 5.82 Å². The van der Waals surface area contributed by atoms with Gasteiger partial charge in [-0.15, -0.1) is 11.3 Å². The quantitative estimate of drug-likeness (QED) is 0.897. The Hall–Kier alpha value is -1.42. The Balaban J connectivity index is 1.56. The predicted octanol–water partition coefficient (Wildman–Crippen LogP) is 3.64. The van der Waals surface area contributed by atoms with Gasteiger partial charge in [0.2, 0.25) is 0 Å². The van der Waals surface area contributed by atoms with E-state index in [9.17, 15) is 4.39 Å². The van der Waals surface area contributed by atoms with E-state index < -0.39 is 0 Å². The zero-order valence-electron chi connectivity index (χ0n) is 9.27. The molecule has 3 rings (SSSR count). The van der Waals surface area contributed by atoms with Crippen LogP contribution in [0.25, 0.3) is 0 Å². The minimum atomic E-state index is -0.162. The minimum Gasteiger partial charge on any atom is -0.359 e. The highest BCUT2D eigenvalue weighted by Gasteiger charge is 2.30. The highest BCUT2D eigenvalue weighted by Crippen LogP contribution is 2.38. The van der Waals surface area contributed by atoms with E-state index in [1.54, 1.807) is 11.3 Å². The maximum absolute atomic E-state index is 12.8. The highest BCUT2D eigenvalue weighted by atomic mass is 32.1. The summed E-state index contributed by atoms with van der Waals surface area (Å²) in [5.74, 6) is 0.401. The number of benzene rings is 1. The van der Waals surface area contributed by atoms with Crippen LogP contribution in [0.2, 0.25) is 0 Å². The first-order valence-electron chi connectivity index (χ1n) is 5.73. The molecule has 2 aromatic rings. The average Bonchev–Trinajstić information content (AvgIpc) is 2.77. The molecule has 1 fully saturated rings. The Morgan fingerprint density at radius 1 is 1.24 bits per heavy atom. The summed E-state index contributed by atoms with van der Waals surface area (Å²) in [4.78, 5) is 4.21. The Bertz CT molecular complexity index is 475. The van der Waals surface area contributed by atoms with Crippen molar-refractivity contribution < 1.29 is 4.39 Å². The van der Waals surface area contributed by atoms with E-state index in [-0.39, 0.29) is 5.82 Å². The lowest BCUT2D eigenvalue weighted by Crippen LogP contribution is -2.33. The molecule has 17 heavy (non-hydrogen) atoms. The van der Waals surface area contributed by atoms with Crippen LogP contribution in [0.5, 0.6) is 0 Å². The van der Waals surface area contributed by atoms with Crippen molar-refractivity contribution in [3.8, 4) is 0 Å². The van der Waals surface area contributed by atoms with Gasteiger partial charge in [-0.1, -0.05) is 12.1 Å². The van der Waals surface area contributed by atoms with Gasteiger partial charge in [0.05, 0.1) is 0 Å². The van der Waals surface area contributed by atoms with Gasteiger partial charge in [-0.2, -0.15) is 0 Å². The Morgan fingerprint density at radius 2 is 2.00 bits per heavy atom. The number of anilines is 1. The number of nitrogens with one attached hydrogen (secondary N) is 1. The van der Waals surface area contributed by atoms with Crippen molar-refractivity contribution in [1.82, 2.24) is 4.98 Å². The zero-order chi connectivity index (χ0) is 11.7. The molecule has 1 aromatic carbocycles. The summed E-state index contributed by atoms with van der Waals surface area (Å²) in [7, 11) is 0. The molecule has 1 heterocycles. The molecule has 0 atom stereocenters. The fourth-order valence-electron chi connectivity index (χ4n) is 2.21. The first kappa shape index (κ1) is 10.7. The van der Waals surface area contributed by atoms with E-state index in [0.717, 1.165) is 18.0 Å². The van der Waals surface area contributed by atoms with E-state index in [0.29, 0.717) is 12.0 Å². The second-order valence-corrected chi connectivity index (χ2v) is 5.29. The van der Waals surface area contributed by atoms with Crippen LogP contribution in [0.1, 0.15) is 24.3 Å². The molecule has 1 aliphatic carbocycles. The summed E-state index contributed by atoms with van der Waals surface area (Å²) < 4.78 is 12.8. The van der Waals surface area contributed by atoms with E-state index in [1.165, 1.54) is 17.7 Å². The Morgan fingerprint density at radius 3 is 2.65 bits per heavy atom. The zero-order valence-corrected chi connectivity index (χ0v) is 10.1. The number of aromatic nitrogens is 1. The van der Waals surface area contributed by atoms with Gasteiger partial charge in [-0.05, 0) is 36.5 Å². The Labute approximate surface area is 104 Å². The molecule has 0 bridgehead atoms. The number of rotatable bonds is 3. The van der Waals surface area contributed by atoms with Crippen molar-refractivity contribution in [3.05, 3.63) is 47.2 Å². The third-order valence-corrected chi connectivity index (χ3v) is 3.94. The molecule has 1 aliphatic rings. The van der Waals surface area contributed by atoms with Gasteiger partial charge in [0, 0.05) is 17.6 Å². The number of halogens is 1. The molecule has 0 spiro atoms. The average molecular weight is 248 g/mol. The van der Waals surface area contributed by atoms with Gasteiger partial charge in [-0.25, -0.2) is 9.37 Å². The second-order valence-electron chi connectivity index (χ2n) is 4.40. The molecule has 4 heteroatoms. The van der Waals surface area contributed by atoms with Crippen molar-refractivity contribution >= 4 is 16.5 Å². The van der Waals surface area contributed by atoms with Crippen LogP contribution in [-0.2, 0) is 0 Å². The molecule has 0 amide bonds. The number of nitrogens with zero attached hydrogens (tertiary/aromatic N) is 1. The van der Waals surface area contributed by atoms with Crippen molar-refractivity contribution in [2.45, 2.75) is 24.8 Å². The van der Waals surface area contributed by atoms with Crippen LogP contribution in [-0.4, -0.2) is 11.0 Å². The summed E-state index contributed by atoms with van der Waals surface area (Å²) in [6.07, 6.45) is 4.01. The van der Waals surface area contributed by atoms with Crippen molar-refractivity contribution in [3.63, 3.8) is 0 Å². The molecular formula is C13H13FN2S. The van der Waals surface area contributed by atoms with Crippen LogP contribution in [0.15, 0.2) is 35.8 Å². The molecular weight excluding hydrogens is 235 g/mol. The normalized spacial score (nSPS) is 23.1. The monoisotopic (exact) mass is 248 g/mol. The minimum absolute atomic E-state index is 0.162. The van der Waals surface area contributed by atoms with E-state index in [2.05, 4.69) is 10.3 Å². The molecule has 0 saturated heterocycles. The molecule has 1 aromatic heterocycles. The molecule has 1 N–H and O–H groups in total. The Kier molecular flexibility index (Phi) is 2.81. The summed E-state index contributed by atoms with van der Waals surface area (Å²) in [5, 5.41) is 6.37. The second kappa shape index (κ2) is 4.45. The van der Waals surface area contributed by atoms with Crippen molar-refractivity contribution in [2.24, 2.45) is 0 Å².